The molecule has 0 fully saturated rings. The first-order valence-electron chi connectivity index (χ1n) is 6.93. The number of halogens is 2. The summed E-state index contributed by atoms with van der Waals surface area (Å²) in [5, 5.41) is 0.106. The highest BCUT2D eigenvalue weighted by molar-refractivity contribution is 6.34. The number of ether oxygens (including phenoxy) is 3. The van der Waals surface area contributed by atoms with Gasteiger partial charge in [0.1, 0.15) is 10.3 Å². The summed E-state index contributed by atoms with van der Waals surface area (Å²) in [5.41, 5.74) is 0.732. The van der Waals surface area contributed by atoms with Crippen molar-refractivity contribution in [2.75, 3.05) is 14.2 Å². The van der Waals surface area contributed by atoms with E-state index in [1.165, 1.54) is 38.5 Å². The van der Waals surface area contributed by atoms with E-state index >= 15 is 0 Å². The second kappa shape index (κ2) is 8.50. The number of aromatic nitrogens is 1. The van der Waals surface area contributed by atoms with Crippen molar-refractivity contribution in [3.63, 3.8) is 0 Å². The molecule has 0 saturated heterocycles. The second-order valence-electron chi connectivity index (χ2n) is 4.63. The van der Waals surface area contributed by atoms with Gasteiger partial charge in [-0.1, -0.05) is 29.3 Å². The smallest absolute Gasteiger partial charge is 0.346 e. The third-order valence-corrected chi connectivity index (χ3v) is 3.54. The maximum atomic E-state index is 12.2. The summed E-state index contributed by atoms with van der Waals surface area (Å²) in [6, 6.07) is 7.63. The third-order valence-electron chi connectivity index (χ3n) is 3.04. The average Bonchev–Trinajstić information content (AvgIpc) is 2.60. The van der Waals surface area contributed by atoms with Gasteiger partial charge in [0, 0.05) is 6.08 Å². The van der Waals surface area contributed by atoms with Crippen LogP contribution >= 0.6 is 23.2 Å². The quantitative estimate of drug-likeness (QED) is 0.339. The number of hydrogen-bond donors (Lipinski definition) is 0. The summed E-state index contributed by atoms with van der Waals surface area (Å²) in [7, 11) is 2.71. The standard InChI is InChI=1S/C17H13Cl2NO5/c1-23-13-9-10(4-8-15(21)24-2)3-6-12(13)25-17(22)11-5-7-14(18)20-16(11)19/h3-9H,1-2H3/b8-4+. The normalized spacial score (nSPS) is 10.6. The predicted octanol–water partition coefficient (Wildman–Crippen LogP) is 3.80. The fourth-order valence-corrected chi connectivity index (χ4v) is 2.25. The summed E-state index contributed by atoms with van der Waals surface area (Å²) in [6.07, 6.45) is 2.81. The van der Waals surface area contributed by atoms with Crippen molar-refractivity contribution in [2.45, 2.75) is 0 Å². The lowest BCUT2D eigenvalue weighted by Gasteiger charge is -2.10. The van der Waals surface area contributed by atoms with Crippen molar-refractivity contribution < 1.29 is 23.8 Å². The molecule has 0 radical (unpaired) electrons. The Balaban J connectivity index is 2.23. The van der Waals surface area contributed by atoms with E-state index < -0.39 is 11.9 Å². The van der Waals surface area contributed by atoms with E-state index in [1.807, 2.05) is 0 Å². The van der Waals surface area contributed by atoms with Crippen LogP contribution in [0.5, 0.6) is 11.5 Å². The van der Waals surface area contributed by atoms with E-state index in [0.29, 0.717) is 11.3 Å². The largest absolute Gasteiger partial charge is 0.493 e. The number of nitrogens with zero attached hydrogens (tertiary/aromatic N) is 1. The van der Waals surface area contributed by atoms with Gasteiger partial charge in [-0.25, -0.2) is 14.6 Å². The van der Waals surface area contributed by atoms with Crippen LogP contribution in [0.25, 0.3) is 6.08 Å². The number of esters is 2. The highest BCUT2D eigenvalue weighted by atomic mass is 35.5. The van der Waals surface area contributed by atoms with E-state index in [-0.39, 0.29) is 21.6 Å². The van der Waals surface area contributed by atoms with Crippen LogP contribution in [0.3, 0.4) is 0 Å². The Kier molecular flexibility index (Phi) is 6.38. The van der Waals surface area contributed by atoms with Crippen molar-refractivity contribution in [3.05, 3.63) is 57.8 Å². The molecule has 0 saturated carbocycles. The Bertz CT molecular complexity index is 836. The summed E-state index contributed by atoms with van der Waals surface area (Å²) in [4.78, 5) is 27.1. The number of pyridine rings is 1. The van der Waals surface area contributed by atoms with Crippen molar-refractivity contribution in [1.82, 2.24) is 4.98 Å². The zero-order valence-corrected chi connectivity index (χ0v) is 14.8. The van der Waals surface area contributed by atoms with Gasteiger partial charge in [-0.15, -0.1) is 0 Å². The number of rotatable bonds is 5. The Morgan fingerprint density at radius 1 is 1.08 bits per heavy atom. The lowest BCUT2D eigenvalue weighted by molar-refractivity contribution is -0.134. The number of carbonyl (C=O) groups excluding carboxylic acids is 2. The molecule has 0 unspecified atom stereocenters. The topological polar surface area (TPSA) is 74.7 Å². The van der Waals surface area contributed by atoms with Gasteiger partial charge in [-0.05, 0) is 35.9 Å². The first-order valence-corrected chi connectivity index (χ1v) is 7.68. The van der Waals surface area contributed by atoms with Crippen molar-refractivity contribution in [1.29, 1.82) is 0 Å². The van der Waals surface area contributed by atoms with E-state index in [4.69, 9.17) is 32.7 Å². The number of methoxy groups -OCH3 is 2. The van der Waals surface area contributed by atoms with Gasteiger partial charge < -0.3 is 14.2 Å². The Hall–Kier alpha value is -2.57. The summed E-state index contributed by atoms with van der Waals surface area (Å²) < 4.78 is 15.0. The van der Waals surface area contributed by atoms with Gasteiger partial charge in [-0.2, -0.15) is 0 Å². The van der Waals surface area contributed by atoms with Crippen molar-refractivity contribution in [2.24, 2.45) is 0 Å². The van der Waals surface area contributed by atoms with Crippen LogP contribution < -0.4 is 9.47 Å². The molecule has 25 heavy (non-hydrogen) atoms. The molecule has 0 aliphatic heterocycles. The predicted molar refractivity (Wildman–Crippen MR) is 93.3 cm³/mol. The third kappa shape index (κ3) is 4.95. The van der Waals surface area contributed by atoms with E-state index in [1.54, 1.807) is 18.2 Å². The molecule has 0 N–H and O–H groups in total. The number of carbonyl (C=O) groups is 2. The van der Waals surface area contributed by atoms with E-state index in [2.05, 4.69) is 9.72 Å². The molecule has 2 aromatic rings. The van der Waals surface area contributed by atoms with E-state index in [0.717, 1.165) is 0 Å². The monoisotopic (exact) mass is 381 g/mol. The van der Waals surface area contributed by atoms with Crippen LogP contribution in [0.15, 0.2) is 36.4 Å². The highest BCUT2D eigenvalue weighted by Crippen LogP contribution is 2.30. The molecule has 0 bridgehead atoms. The fourth-order valence-electron chi connectivity index (χ4n) is 1.82. The Morgan fingerprint density at radius 2 is 1.84 bits per heavy atom. The minimum atomic E-state index is -0.703. The van der Waals surface area contributed by atoms with Crippen LogP contribution in [0.4, 0.5) is 0 Å². The molecule has 0 aliphatic rings. The molecular weight excluding hydrogens is 369 g/mol. The lowest BCUT2D eigenvalue weighted by Crippen LogP contribution is -2.10. The molecule has 8 heteroatoms. The SMILES string of the molecule is COC(=O)/C=C/c1ccc(OC(=O)c2ccc(Cl)nc2Cl)c(OC)c1. The highest BCUT2D eigenvalue weighted by Gasteiger charge is 2.17. The second-order valence-corrected chi connectivity index (χ2v) is 5.37. The maximum Gasteiger partial charge on any atom is 0.346 e. The van der Waals surface area contributed by atoms with Gasteiger partial charge in [0.25, 0.3) is 0 Å². The van der Waals surface area contributed by atoms with Gasteiger partial charge in [-0.3, -0.25) is 0 Å². The fraction of sp³-hybridized carbons (Fsp3) is 0.118. The van der Waals surface area contributed by atoms with Crippen LogP contribution in [0.2, 0.25) is 10.3 Å². The van der Waals surface area contributed by atoms with Crippen LogP contribution in [-0.4, -0.2) is 31.1 Å². The molecule has 0 atom stereocenters. The first kappa shape index (κ1) is 18.8. The van der Waals surface area contributed by atoms with Gasteiger partial charge in [0.15, 0.2) is 11.5 Å². The summed E-state index contributed by atoms with van der Waals surface area (Å²) in [5.74, 6) is -0.697. The van der Waals surface area contributed by atoms with Crippen molar-refractivity contribution in [3.8, 4) is 11.5 Å². The zero-order valence-electron chi connectivity index (χ0n) is 13.3. The minimum Gasteiger partial charge on any atom is -0.493 e. The van der Waals surface area contributed by atoms with Crippen LogP contribution in [0, 0.1) is 0 Å². The Morgan fingerprint density at radius 3 is 2.48 bits per heavy atom. The van der Waals surface area contributed by atoms with Gasteiger partial charge >= 0.3 is 11.9 Å². The molecule has 1 aromatic carbocycles. The molecule has 130 valence electrons. The average molecular weight is 382 g/mol. The van der Waals surface area contributed by atoms with Crippen molar-refractivity contribution >= 4 is 41.2 Å². The summed E-state index contributed by atoms with van der Waals surface area (Å²) >= 11 is 11.6. The maximum absolute atomic E-state index is 12.2. The first-order chi connectivity index (χ1) is 11.9. The minimum absolute atomic E-state index is 0.0610. The van der Waals surface area contributed by atoms with Crippen LogP contribution in [-0.2, 0) is 9.53 Å². The molecule has 0 aliphatic carbocycles. The van der Waals surface area contributed by atoms with Gasteiger partial charge in [0.05, 0.1) is 19.8 Å². The molecular formula is C17H13Cl2NO5. The lowest BCUT2D eigenvalue weighted by atomic mass is 10.2. The zero-order chi connectivity index (χ0) is 18.4. The summed E-state index contributed by atoms with van der Waals surface area (Å²) in [6.45, 7) is 0. The molecule has 1 heterocycles. The number of hydrogen-bond acceptors (Lipinski definition) is 6. The molecule has 1 aromatic heterocycles. The molecule has 6 nitrogen and oxygen atoms in total. The molecule has 0 spiro atoms. The molecule has 0 amide bonds. The van der Waals surface area contributed by atoms with Gasteiger partial charge in [0.2, 0.25) is 0 Å². The Labute approximate surface area is 153 Å². The number of benzene rings is 1. The van der Waals surface area contributed by atoms with E-state index in [9.17, 15) is 9.59 Å². The molecule has 2 rings (SSSR count). The van der Waals surface area contributed by atoms with Crippen LogP contribution in [0.1, 0.15) is 15.9 Å².